The van der Waals surface area contributed by atoms with Crippen LogP contribution in [-0.2, 0) is 0 Å². The third-order valence-electron chi connectivity index (χ3n) is 7.74. The molecule has 4 aromatic rings. The van der Waals surface area contributed by atoms with Gasteiger partial charge in [0, 0.05) is 22.6 Å². The molecule has 0 amide bonds. The van der Waals surface area contributed by atoms with E-state index in [0.717, 1.165) is 18.2 Å². The molecule has 42 heavy (non-hydrogen) atoms. The summed E-state index contributed by atoms with van der Waals surface area (Å²) in [5.74, 6) is -5.45. The molecule has 0 aromatic heterocycles. The third-order valence-corrected chi connectivity index (χ3v) is 7.74. The first-order valence-corrected chi connectivity index (χ1v) is 12.8. The minimum atomic E-state index is -1.68. The number of aliphatic hydroxyl groups excluding tert-OH is 3. The molecule has 6 unspecified atom stereocenters. The van der Waals surface area contributed by atoms with E-state index in [1.807, 2.05) is 0 Å². The quantitative estimate of drug-likeness (QED) is 0.159. The van der Waals surface area contributed by atoms with Crippen LogP contribution in [0.4, 0.5) is 0 Å². The highest BCUT2D eigenvalue weighted by Crippen LogP contribution is 2.57. The van der Waals surface area contributed by atoms with Crippen LogP contribution in [-0.4, -0.2) is 63.3 Å². The lowest BCUT2D eigenvalue weighted by molar-refractivity contribution is -0.0712. The van der Waals surface area contributed by atoms with Crippen molar-refractivity contribution >= 4 is 0 Å². The Balaban J connectivity index is 1.49. The molecule has 4 aromatic carbocycles. The third kappa shape index (κ3) is 4.12. The summed E-state index contributed by atoms with van der Waals surface area (Å²) in [5, 5.41) is 106. The van der Waals surface area contributed by atoms with Gasteiger partial charge in [-0.15, -0.1) is 0 Å². The van der Waals surface area contributed by atoms with E-state index in [1.54, 1.807) is 0 Å². The maximum absolute atomic E-state index is 11.6. The molecule has 2 heterocycles. The molecule has 2 aliphatic rings. The summed E-state index contributed by atoms with van der Waals surface area (Å²) < 4.78 is 11.7. The predicted octanol–water partition coefficient (Wildman–Crippen LogP) is 2.78. The number of hydrogen-bond acceptors (Lipinski definition) is 12. The van der Waals surface area contributed by atoms with Gasteiger partial charge in [0.15, 0.2) is 46.7 Å². The average molecular weight is 579 g/mol. The zero-order valence-electron chi connectivity index (χ0n) is 21.5. The summed E-state index contributed by atoms with van der Waals surface area (Å²) in [7, 11) is 0. The monoisotopic (exact) mass is 578 g/mol. The zero-order valence-corrected chi connectivity index (χ0v) is 21.5. The molecule has 10 N–H and O–H groups in total. The summed E-state index contributed by atoms with van der Waals surface area (Å²) in [6, 6.07) is 13.0. The lowest BCUT2D eigenvalue weighted by atomic mass is 9.78. The van der Waals surface area contributed by atoms with E-state index in [1.165, 1.54) is 42.5 Å². The summed E-state index contributed by atoms with van der Waals surface area (Å²) in [5.41, 5.74) is 0.418. The van der Waals surface area contributed by atoms with E-state index < -0.39 is 70.9 Å². The van der Waals surface area contributed by atoms with Crippen molar-refractivity contribution < 1.29 is 60.5 Å². The SMILES string of the molecule is Oc1ccc(C2Oc3c(ccc(O)c3O)C(c3cc4c(c(O)c3O)OC(c3ccc(O)c(O)c3)C(O)C4O)C2O)cc1. The molecule has 2 aliphatic heterocycles. The van der Waals surface area contributed by atoms with E-state index in [9.17, 15) is 51.1 Å². The Morgan fingerprint density at radius 1 is 0.476 bits per heavy atom. The number of aromatic hydroxyl groups is 7. The van der Waals surface area contributed by atoms with Crippen LogP contribution < -0.4 is 9.47 Å². The topological polar surface area (TPSA) is 221 Å². The fourth-order valence-electron chi connectivity index (χ4n) is 5.57. The van der Waals surface area contributed by atoms with Gasteiger partial charge < -0.3 is 60.5 Å². The van der Waals surface area contributed by atoms with Crippen LogP contribution >= 0.6 is 0 Å². The van der Waals surface area contributed by atoms with Gasteiger partial charge in [0.05, 0.1) is 0 Å². The number of rotatable bonds is 3. The Kier molecular flexibility index (Phi) is 6.34. The van der Waals surface area contributed by atoms with Gasteiger partial charge in [0.1, 0.15) is 24.1 Å². The summed E-state index contributed by atoms with van der Waals surface area (Å²) >= 11 is 0. The molecule has 0 aliphatic carbocycles. The number of benzene rings is 4. The molecule has 12 heteroatoms. The standard InChI is InChI=1S/C30H26O12/c31-13-4-1-11(2-5-13)27-24(38)20(14-6-8-18(33)23(37)29(14)41-27)15-10-16-22(36)25(39)28(42-30(16)26(40)21(15)35)12-3-7-17(32)19(34)9-12/h1-10,20,22,24-25,27-28,31-40H. The maximum atomic E-state index is 11.6. The highest BCUT2D eigenvalue weighted by Gasteiger charge is 2.45. The first kappa shape index (κ1) is 27.1. The van der Waals surface area contributed by atoms with Gasteiger partial charge in [-0.25, -0.2) is 0 Å². The van der Waals surface area contributed by atoms with Crippen LogP contribution in [0.15, 0.2) is 60.7 Å². The van der Waals surface area contributed by atoms with Gasteiger partial charge >= 0.3 is 0 Å². The van der Waals surface area contributed by atoms with Crippen molar-refractivity contribution in [2.24, 2.45) is 0 Å². The van der Waals surface area contributed by atoms with Gasteiger partial charge in [-0.1, -0.05) is 24.3 Å². The van der Waals surface area contributed by atoms with Gasteiger partial charge in [0.2, 0.25) is 11.5 Å². The smallest absolute Gasteiger partial charge is 0.201 e. The first-order chi connectivity index (χ1) is 20.0. The minimum Gasteiger partial charge on any atom is -0.508 e. The fourth-order valence-corrected chi connectivity index (χ4v) is 5.57. The van der Waals surface area contributed by atoms with Crippen molar-refractivity contribution in [2.75, 3.05) is 0 Å². The number of phenolic OH excluding ortho intramolecular Hbond substituents is 7. The van der Waals surface area contributed by atoms with Crippen LogP contribution in [0.5, 0.6) is 51.7 Å². The molecule has 12 nitrogen and oxygen atoms in total. The Morgan fingerprint density at radius 3 is 1.74 bits per heavy atom. The Bertz CT molecular complexity index is 1690. The Hall–Kier alpha value is -5.04. The van der Waals surface area contributed by atoms with E-state index in [0.29, 0.717) is 5.56 Å². The molecule has 0 saturated heterocycles. The van der Waals surface area contributed by atoms with Crippen molar-refractivity contribution in [3.05, 3.63) is 88.5 Å². The lowest BCUT2D eigenvalue weighted by Crippen LogP contribution is -2.36. The normalized spacial score (nSPS) is 24.6. The van der Waals surface area contributed by atoms with Crippen molar-refractivity contribution in [3.8, 4) is 51.7 Å². The number of fused-ring (bicyclic) bond motifs is 2. The molecule has 0 radical (unpaired) electrons. The van der Waals surface area contributed by atoms with Crippen molar-refractivity contribution in [2.45, 2.75) is 36.4 Å². The number of ether oxygens (including phenoxy) is 2. The van der Waals surface area contributed by atoms with Crippen LogP contribution in [0.3, 0.4) is 0 Å². The molecular formula is C30H26O12. The van der Waals surface area contributed by atoms with E-state index in [2.05, 4.69) is 0 Å². The second kappa shape index (κ2) is 9.80. The van der Waals surface area contributed by atoms with Crippen LogP contribution in [0.1, 0.15) is 52.0 Å². The van der Waals surface area contributed by atoms with Crippen LogP contribution in [0, 0.1) is 0 Å². The Morgan fingerprint density at radius 2 is 1.07 bits per heavy atom. The number of hydrogen-bond donors (Lipinski definition) is 10. The predicted molar refractivity (Wildman–Crippen MR) is 143 cm³/mol. The van der Waals surface area contributed by atoms with Crippen molar-refractivity contribution in [3.63, 3.8) is 0 Å². The Labute approximate surface area is 237 Å². The highest BCUT2D eigenvalue weighted by molar-refractivity contribution is 5.66. The average Bonchev–Trinajstić information content (AvgIpc) is 2.97. The molecule has 0 fully saturated rings. The minimum absolute atomic E-state index is 0.0490. The lowest BCUT2D eigenvalue weighted by Gasteiger charge is -2.39. The summed E-state index contributed by atoms with van der Waals surface area (Å²) in [6.45, 7) is 0. The zero-order chi connectivity index (χ0) is 30.0. The molecule has 0 bridgehead atoms. The second-order valence-electron chi connectivity index (χ2n) is 10.3. The van der Waals surface area contributed by atoms with Gasteiger partial charge in [-0.05, 0) is 47.5 Å². The summed E-state index contributed by atoms with van der Waals surface area (Å²) in [4.78, 5) is 0. The molecule has 6 rings (SSSR count). The number of phenols is 7. The first-order valence-electron chi connectivity index (χ1n) is 12.8. The fraction of sp³-hybridized carbons (Fsp3) is 0.200. The van der Waals surface area contributed by atoms with Gasteiger partial charge in [0.25, 0.3) is 0 Å². The van der Waals surface area contributed by atoms with Gasteiger partial charge in [-0.2, -0.15) is 0 Å². The van der Waals surface area contributed by atoms with E-state index in [-0.39, 0.29) is 39.5 Å². The van der Waals surface area contributed by atoms with Crippen molar-refractivity contribution in [1.29, 1.82) is 0 Å². The summed E-state index contributed by atoms with van der Waals surface area (Å²) in [6.07, 6.45) is -7.29. The molecule has 0 spiro atoms. The second-order valence-corrected chi connectivity index (χ2v) is 10.3. The van der Waals surface area contributed by atoms with Crippen molar-refractivity contribution in [1.82, 2.24) is 0 Å². The van der Waals surface area contributed by atoms with Crippen LogP contribution in [0.25, 0.3) is 0 Å². The maximum Gasteiger partial charge on any atom is 0.201 e. The van der Waals surface area contributed by atoms with Crippen LogP contribution in [0.2, 0.25) is 0 Å². The molecule has 6 atom stereocenters. The van der Waals surface area contributed by atoms with Gasteiger partial charge in [-0.3, -0.25) is 0 Å². The molecule has 218 valence electrons. The van der Waals surface area contributed by atoms with E-state index in [4.69, 9.17) is 9.47 Å². The van der Waals surface area contributed by atoms with E-state index >= 15 is 0 Å². The molecule has 0 saturated carbocycles. The largest absolute Gasteiger partial charge is 0.508 e. The molecular weight excluding hydrogens is 552 g/mol. The highest BCUT2D eigenvalue weighted by atomic mass is 16.5. The number of aliphatic hydroxyl groups is 3.